The molecule has 94 valence electrons. The molecule has 1 aromatic heterocycles. The molecule has 1 N–H and O–H groups in total. The first-order chi connectivity index (χ1) is 8.61. The maximum absolute atomic E-state index is 13.6. The van der Waals surface area contributed by atoms with Crippen molar-refractivity contribution in [2.75, 3.05) is 7.11 Å². The lowest BCUT2D eigenvalue weighted by Crippen LogP contribution is -2.03. The van der Waals surface area contributed by atoms with Crippen molar-refractivity contribution in [1.29, 1.82) is 0 Å². The van der Waals surface area contributed by atoms with E-state index < -0.39 is 11.9 Å². The number of hydrogen-bond acceptors (Lipinski definition) is 3. The monoisotopic (exact) mass is 311 g/mol. The van der Waals surface area contributed by atoms with Gasteiger partial charge in [0.1, 0.15) is 11.9 Å². The SMILES string of the molecule is COc1ccc(C(O)c2cc(Br)ccc2F)cn1. The minimum Gasteiger partial charge on any atom is -0.481 e. The Labute approximate surface area is 112 Å². The summed E-state index contributed by atoms with van der Waals surface area (Å²) in [7, 11) is 1.51. The lowest BCUT2D eigenvalue weighted by Gasteiger charge is -2.12. The van der Waals surface area contributed by atoms with Crippen LogP contribution in [0.5, 0.6) is 5.88 Å². The van der Waals surface area contributed by atoms with Crippen molar-refractivity contribution >= 4 is 15.9 Å². The highest BCUT2D eigenvalue weighted by Crippen LogP contribution is 2.27. The van der Waals surface area contributed by atoms with Gasteiger partial charge in [0.25, 0.3) is 0 Å². The van der Waals surface area contributed by atoms with Gasteiger partial charge in [0.15, 0.2) is 0 Å². The fourth-order valence-corrected chi connectivity index (χ4v) is 1.96. The Hall–Kier alpha value is -1.46. The predicted molar refractivity (Wildman–Crippen MR) is 69.0 cm³/mol. The number of pyridine rings is 1. The van der Waals surface area contributed by atoms with Gasteiger partial charge in [-0.1, -0.05) is 15.9 Å². The molecule has 0 radical (unpaired) electrons. The van der Waals surface area contributed by atoms with Crippen LogP contribution in [0.2, 0.25) is 0 Å². The average molecular weight is 312 g/mol. The molecule has 2 rings (SSSR count). The Kier molecular flexibility index (Phi) is 3.93. The molecule has 1 aromatic carbocycles. The van der Waals surface area contributed by atoms with E-state index in [2.05, 4.69) is 20.9 Å². The summed E-state index contributed by atoms with van der Waals surface area (Å²) in [6.45, 7) is 0. The van der Waals surface area contributed by atoms with Crippen LogP contribution in [-0.2, 0) is 0 Å². The predicted octanol–water partition coefficient (Wildman–Crippen LogP) is 3.07. The fraction of sp³-hybridized carbons (Fsp3) is 0.154. The van der Waals surface area contributed by atoms with Crippen molar-refractivity contribution in [3.8, 4) is 5.88 Å². The number of aromatic nitrogens is 1. The molecule has 0 fully saturated rings. The number of ether oxygens (including phenoxy) is 1. The third kappa shape index (κ3) is 2.68. The van der Waals surface area contributed by atoms with Crippen LogP contribution in [0.1, 0.15) is 17.2 Å². The van der Waals surface area contributed by atoms with Gasteiger partial charge in [0, 0.05) is 27.9 Å². The van der Waals surface area contributed by atoms with Gasteiger partial charge in [-0.3, -0.25) is 0 Å². The number of aliphatic hydroxyl groups excluding tert-OH is 1. The summed E-state index contributed by atoms with van der Waals surface area (Å²) in [5.41, 5.74) is 0.712. The molecule has 1 atom stereocenters. The maximum Gasteiger partial charge on any atom is 0.212 e. The molecule has 0 spiro atoms. The van der Waals surface area contributed by atoms with E-state index in [1.807, 2.05) is 0 Å². The van der Waals surface area contributed by atoms with E-state index in [9.17, 15) is 9.50 Å². The van der Waals surface area contributed by atoms with Gasteiger partial charge in [-0.25, -0.2) is 9.37 Å². The van der Waals surface area contributed by atoms with Crippen molar-refractivity contribution < 1.29 is 14.2 Å². The standard InChI is InChI=1S/C13H11BrFNO2/c1-18-12-5-2-8(7-16-12)13(17)10-6-9(14)3-4-11(10)15/h2-7,13,17H,1H3. The molecule has 2 aromatic rings. The van der Waals surface area contributed by atoms with Crippen molar-refractivity contribution in [1.82, 2.24) is 4.98 Å². The number of methoxy groups -OCH3 is 1. The van der Waals surface area contributed by atoms with Crippen molar-refractivity contribution in [3.63, 3.8) is 0 Å². The van der Waals surface area contributed by atoms with Crippen LogP contribution in [-0.4, -0.2) is 17.2 Å². The van der Waals surface area contributed by atoms with Gasteiger partial charge < -0.3 is 9.84 Å². The first-order valence-corrected chi connectivity index (χ1v) is 6.04. The Bertz CT molecular complexity index is 545. The number of halogens is 2. The first kappa shape index (κ1) is 13.0. The van der Waals surface area contributed by atoms with E-state index in [-0.39, 0.29) is 5.56 Å². The van der Waals surface area contributed by atoms with Crippen molar-refractivity contribution in [2.24, 2.45) is 0 Å². The highest BCUT2D eigenvalue weighted by molar-refractivity contribution is 9.10. The first-order valence-electron chi connectivity index (χ1n) is 5.25. The van der Waals surface area contributed by atoms with Crippen LogP contribution < -0.4 is 4.74 Å². The van der Waals surface area contributed by atoms with E-state index in [4.69, 9.17) is 4.74 Å². The topological polar surface area (TPSA) is 42.4 Å². The summed E-state index contributed by atoms with van der Waals surface area (Å²) < 4.78 is 19.3. The molecule has 1 unspecified atom stereocenters. The minimum atomic E-state index is -1.05. The quantitative estimate of drug-likeness (QED) is 0.947. The molecular formula is C13H11BrFNO2. The van der Waals surface area contributed by atoms with Gasteiger partial charge in [0.05, 0.1) is 7.11 Å². The lowest BCUT2D eigenvalue weighted by atomic mass is 10.0. The summed E-state index contributed by atoms with van der Waals surface area (Å²) in [4.78, 5) is 3.98. The van der Waals surface area contributed by atoms with E-state index >= 15 is 0 Å². The summed E-state index contributed by atoms with van der Waals surface area (Å²) in [5.74, 6) is -0.0119. The Morgan fingerprint density at radius 3 is 2.72 bits per heavy atom. The van der Waals surface area contributed by atoms with E-state index in [0.717, 1.165) is 0 Å². The molecule has 3 nitrogen and oxygen atoms in total. The number of aliphatic hydroxyl groups is 1. The zero-order valence-corrected chi connectivity index (χ0v) is 11.2. The van der Waals surface area contributed by atoms with Crippen LogP contribution in [0, 0.1) is 5.82 Å². The number of nitrogens with zero attached hydrogens (tertiary/aromatic N) is 1. The molecule has 0 bridgehead atoms. The van der Waals surface area contributed by atoms with E-state index in [1.54, 1.807) is 24.3 Å². The minimum absolute atomic E-state index is 0.205. The molecule has 0 aliphatic rings. The summed E-state index contributed by atoms with van der Waals surface area (Å²) in [6.07, 6.45) is 0.407. The van der Waals surface area contributed by atoms with Gasteiger partial charge in [0.2, 0.25) is 5.88 Å². The van der Waals surface area contributed by atoms with E-state index in [0.29, 0.717) is 15.9 Å². The van der Waals surface area contributed by atoms with Gasteiger partial charge in [-0.15, -0.1) is 0 Å². The third-order valence-corrected chi connectivity index (χ3v) is 3.03. The van der Waals surface area contributed by atoms with Crippen LogP contribution in [0.15, 0.2) is 41.0 Å². The number of benzene rings is 1. The van der Waals surface area contributed by atoms with Crippen LogP contribution in [0.4, 0.5) is 4.39 Å². The molecule has 0 aliphatic carbocycles. The zero-order chi connectivity index (χ0) is 13.1. The smallest absolute Gasteiger partial charge is 0.212 e. The molecule has 5 heteroatoms. The Balaban J connectivity index is 2.34. The normalized spacial score (nSPS) is 12.2. The Morgan fingerprint density at radius 1 is 1.33 bits per heavy atom. The summed E-state index contributed by atoms with van der Waals surface area (Å²) >= 11 is 3.25. The van der Waals surface area contributed by atoms with Gasteiger partial charge in [-0.2, -0.15) is 0 Å². The van der Waals surface area contributed by atoms with Gasteiger partial charge >= 0.3 is 0 Å². The van der Waals surface area contributed by atoms with Crippen LogP contribution in [0.25, 0.3) is 0 Å². The maximum atomic E-state index is 13.6. The average Bonchev–Trinajstić information content (AvgIpc) is 2.41. The lowest BCUT2D eigenvalue weighted by molar-refractivity contribution is 0.214. The molecule has 1 heterocycles. The van der Waals surface area contributed by atoms with E-state index in [1.165, 1.54) is 19.4 Å². The molecular weight excluding hydrogens is 301 g/mol. The molecule has 0 aliphatic heterocycles. The molecule has 18 heavy (non-hydrogen) atoms. The fourth-order valence-electron chi connectivity index (χ4n) is 1.58. The molecule has 0 amide bonds. The second-order valence-electron chi connectivity index (χ2n) is 3.70. The third-order valence-electron chi connectivity index (χ3n) is 2.54. The highest BCUT2D eigenvalue weighted by Gasteiger charge is 2.15. The highest BCUT2D eigenvalue weighted by atomic mass is 79.9. The van der Waals surface area contributed by atoms with Crippen LogP contribution in [0.3, 0.4) is 0 Å². The van der Waals surface area contributed by atoms with Crippen molar-refractivity contribution in [2.45, 2.75) is 6.10 Å². The second kappa shape index (κ2) is 5.46. The van der Waals surface area contributed by atoms with Gasteiger partial charge in [-0.05, 0) is 24.3 Å². The number of hydrogen-bond donors (Lipinski definition) is 1. The second-order valence-corrected chi connectivity index (χ2v) is 4.62. The largest absolute Gasteiger partial charge is 0.481 e. The summed E-state index contributed by atoms with van der Waals surface area (Å²) in [5, 5.41) is 10.1. The molecule has 0 saturated carbocycles. The zero-order valence-electron chi connectivity index (χ0n) is 9.60. The van der Waals surface area contributed by atoms with Crippen molar-refractivity contribution in [3.05, 3.63) is 57.9 Å². The molecule has 0 saturated heterocycles. The van der Waals surface area contributed by atoms with Crippen LogP contribution >= 0.6 is 15.9 Å². The number of rotatable bonds is 3. The Morgan fingerprint density at radius 2 is 2.11 bits per heavy atom. The summed E-state index contributed by atoms with van der Waals surface area (Å²) in [6, 6.07) is 7.70.